The first-order valence-corrected chi connectivity index (χ1v) is 5.68. The Morgan fingerprint density at radius 2 is 2.24 bits per heavy atom. The van der Waals surface area contributed by atoms with E-state index in [4.69, 9.17) is 10.5 Å². The maximum Gasteiger partial charge on any atom is 0.251 e. The number of hydrogen-bond donors (Lipinski definition) is 2. The number of aryl methyl sites for hydroxylation is 1. The third-order valence-electron chi connectivity index (χ3n) is 2.57. The number of nitrogen functional groups attached to an aromatic ring is 1. The zero-order valence-electron chi connectivity index (χ0n) is 10.6. The van der Waals surface area contributed by atoms with Crippen molar-refractivity contribution in [1.82, 2.24) is 5.32 Å². The van der Waals surface area contributed by atoms with Crippen molar-refractivity contribution >= 4 is 11.6 Å². The molecule has 0 heterocycles. The van der Waals surface area contributed by atoms with Crippen LogP contribution in [0.3, 0.4) is 0 Å². The SMILES string of the molecule is COCC(C)CNC(=O)c1cc(N)ccc1C. The van der Waals surface area contributed by atoms with Crippen LogP contribution in [0.2, 0.25) is 0 Å². The maximum absolute atomic E-state index is 11.9. The van der Waals surface area contributed by atoms with Gasteiger partial charge >= 0.3 is 0 Å². The lowest BCUT2D eigenvalue weighted by atomic mass is 10.1. The molecule has 0 aromatic heterocycles. The van der Waals surface area contributed by atoms with E-state index in [1.54, 1.807) is 19.2 Å². The molecule has 1 aromatic carbocycles. The summed E-state index contributed by atoms with van der Waals surface area (Å²) in [7, 11) is 1.65. The lowest BCUT2D eigenvalue weighted by Gasteiger charge is -2.12. The van der Waals surface area contributed by atoms with Crippen molar-refractivity contribution in [2.24, 2.45) is 5.92 Å². The third-order valence-corrected chi connectivity index (χ3v) is 2.57. The zero-order valence-corrected chi connectivity index (χ0v) is 10.6. The second-order valence-electron chi connectivity index (χ2n) is 4.34. The largest absolute Gasteiger partial charge is 0.399 e. The van der Waals surface area contributed by atoms with Gasteiger partial charge in [-0.3, -0.25) is 4.79 Å². The number of benzene rings is 1. The second kappa shape index (κ2) is 6.25. The Hall–Kier alpha value is -1.55. The van der Waals surface area contributed by atoms with Gasteiger partial charge in [-0.1, -0.05) is 13.0 Å². The Bertz CT molecular complexity index is 391. The molecule has 0 bridgehead atoms. The second-order valence-corrected chi connectivity index (χ2v) is 4.34. The molecule has 0 saturated carbocycles. The van der Waals surface area contributed by atoms with Crippen LogP contribution in [0.15, 0.2) is 18.2 Å². The molecule has 1 rings (SSSR count). The molecule has 3 N–H and O–H groups in total. The molecule has 1 amide bonds. The average Bonchev–Trinajstić information content (AvgIpc) is 2.29. The monoisotopic (exact) mass is 236 g/mol. The molecule has 0 aliphatic rings. The van der Waals surface area contributed by atoms with Crippen LogP contribution in [-0.2, 0) is 4.74 Å². The predicted octanol–water partition coefficient (Wildman–Crippen LogP) is 1.59. The molecule has 1 unspecified atom stereocenters. The molecule has 1 aromatic rings. The highest BCUT2D eigenvalue weighted by atomic mass is 16.5. The van der Waals surface area contributed by atoms with E-state index >= 15 is 0 Å². The Morgan fingerprint density at radius 1 is 1.53 bits per heavy atom. The number of carbonyl (C=O) groups excluding carboxylic acids is 1. The van der Waals surface area contributed by atoms with Crippen LogP contribution in [0, 0.1) is 12.8 Å². The Labute approximate surface area is 102 Å². The van der Waals surface area contributed by atoms with Gasteiger partial charge < -0.3 is 15.8 Å². The topological polar surface area (TPSA) is 64.3 Å². The van der Waals surface area contributed by atoms with Gasteiger partial charge in [-0.25, -0.2) is 0 Å². The van der Waals surface area contributed by atoms with E-state index in [9.17, 15) is 4.79 Å². The third kappa shape index (κ3) is 4.07. The lowest BCUT2D eigenvalue weighted by molar-refractivity contribution is 0.0933. The summed E-state index contributed by atoms with van der Waals surface area (Å²) < 4.78 is 5.01. The average molecular weight is 236 g/mol. The first kappa shape index (κ1) is 13.5. The van der Waals surface area contributed by atoms with Gasteiger partial charge in [0.15, 0.2) is 0 Å². The van der Waals surface area contributed by atoms with E-state index in [1.807, 2.05) is 19.9 Å². The number of nitrogens with two attached hydrogens (primary N) is 1. The fraction of sp³-hybridized carbons (Fsp3) is 0.462. The summed E-state index contributed by atoms with van der Waals surface area (Å²) in [5, 5.41) is 2.88. The quantitative estimate of drug-likeness (QED) is 0.763. The number of methoxy groups -OCH3 is 1. The molecule has 94 valence electrons. The first-order valence-electron chi connectivity index (χ1n) is 5.68. The molecule has 4 heteroatoms. The fourth-order valence-corrected chi connectivity index (χ4v) is 1.59. The predicted molar refractivity (Wildman–Crippen MR) is 69.0 cm³/mol. The van der Waals surface area contributed by atoms with Crippen molar-refractivity contribution in [1.29, 1.82) is 0 Å². The smallest absolute Gasteiger partial charge is 0.251 e. The van der Waals surface area contributed by atoms with Crippen LogP contribution >= 0.6 is 0 Å². The van der Waals surface area contributed by atoms with Crippen molar-refractivity contribution in [3.05, 3.63) is 29.3 Å². The summed E-state index contributed by atoms with van der Waals surface area (Å²) in [6.45, 7) is 5.15. The van der Waals surface area contributed by atoms with Gasteiger partial charge in [0, 0.05) is 24.9 Å². The van der Waals surface area contributed by atoms with Crippen LogP contribution in [0.4, 0.5) is 5.69 Å². The number of amides is 1. The molecule has 0 saturated heterocycles. The highest BCUT2D eigenvalue weighted by molar-refractivity contribution is 5.96. The Balaban J connectivity index is 2.61. The van der Waals surface area contributed by atoms with Crippen LogP contribution in [-0.4, -0.2) is 26.2 Å². The van der Waals surface area contributed by atoms with E-state index in [1.165, 1.54) is 0 Å². The molecule has 0 spiro atoms. The van der Waals surface area contributed by atoms with Crippen molar-refractivity contribution in [3.8, 4) is 0 Å². The number of ether oxygens (including phenoxy) is 1. The zero-order chi connectivity index (χ0) is 12.8. The molecule has 0 fully saturated rings. The highest BCUT2D eigenvalue weighted by Crippen LogP contribution is 2.12. The lowest BCUT2D eigenvalue weighted by Crippen LogP contribution is -2.30. The summed E-state index contributed by atoms with van der Waals surface area (Å²) in [5.74, 6) is 0.211. The highest BCUT2D eigenvalue weighted by Gasteiger charge is 2.10. The number of carbonyl (C=O) groups is 1. The van der Waals surface area contributed by atoms with Crippen molar-refractivity contribution in [2.75, 3.05) is 26.0 Å². The van der Waals surface area contributed by atoms with Crippen LogP contribution in [0.1, 0.15) is 22.8 Å². The minimum atomic E-state index is -0.0854. The van der Waals surface area contributed by atoms with Gasteiger partial charge in [0.05, 0.1) is 6.61 Å². The molecular weight excluding hydrogens is 216 g/mol. The van der Waals surface area contributed by atoms with Crippen LogP contribution in [0.25, 0.3) is 0 Å². The first-order chi connectivity index (χ1) is 8.04. The summed E-state index contributed by atoms with van der Waals surface area (Å²) in [6.07, 6.45) is 0. The van der Waals surface area contributed by atoms with E-state index in [0.717, 1.165) is 5.56 Å². The van der Waals surface area contributed by atoms with E-state index in [2.05, 4.69) is 5.32 Å². The molecule has 0 aliphatic carbocycles. The minimum Gasteiger partial charge on any atom is -0.399 e. The van der Waals surface area contributed by atoms with Crippen molar-refractivity contribution < 1.29 is 9.53 Å². The standard InChI is InChI=1S/C13H20N2O2/c1-9(8-17-3)7-15-13(16)12-6-11(14)5-4-10(12)2/h4-6,9H,7-8,14H2,1-3H3,(H,15,16). The van der Waals surface area contributed by atoms with Gasteiger partial charge in [0.2, 0.25) is 0 Å². The van der Waals surface area contributed by atoms with E-state index in [-0.39, 0.29) is 5.91 Å². The molecule has 1 atom stereocenters. The molecule has 17 heavy (non-hydrogen) atoms. The summed E-state index contributed by atoms with van der Waals surface area (Å²) >= 11 is 0. The van der Waals surface area contributed by atoms with Gasteiger partial charge in [-0.15, -0.1) is 0 Å². The Kier molecular flexibility index (Phi) is 4.97. The van der Waals surface area contributed by atoms with Crippen molar-refractivity contribution in [2.45, 2.75) is 13.8 Å². The number of nitrogens with one attached hydrogen (secondary N) is 1. The summed E-state index contributed by atoms with van der Waals surface area (Å²) in [5.41, 5.74) is 7.83. The van der Waals surface area contributed by atoms with Crippen LogP contribution in [0.5, 0.6) is 0 Å². The normalized spacial score (nSPS) is 12.2. The number of rotatable bonds is 5. The fourth-order valence-electron chi connectivity index (χ4n) is 1.59. The van der Waals surface area contributed by atoms with E-state index < -0.39 is 0 Å². The van der Waals surface area contributed by atoms with Crippen molar-refractivity contribution in [3.63, 3.8) is 0 Å². The number of anilines is 1. The van der Waals surface area contributed by atoms with E-state index in [0.29, 0.717) is 30.3 Å². The van der Waals surface area contributed by atoms with Gasteiger partial charge in [-0.2, -0.15) is 0 Å². The van der Waals surface area contributed by atoms with Crippen LogP contribution < -0.4 is 11.1 Å². The molecule has 4 nitrogen and oxygen atoms in total. The molecule has 0 radical (unpaired) electrons. The maximum atomic E-state index is 11.9. The summed E-state index contributed by atoms with van der Waals surface area (Å²) in [4.78, 5) is 11.9. The van der Waals surface area contributed by atoms with Gasteiger partial charge in [0.1, 0.15) is 0 Å². The molecule has 0 aliphatic heterocycles. The summed E-state index contributed by atoms with van der Waals surface area (Å²) in [6, 6.07) is 5.34. The Morgan fingerprint density at radius 3 is 2.88 bits per heavy atom. The number of hydrogen-bond acceptors (Lipinski definition) is 3. The minimum absolute atomic E-state index is 0.0854. The van der Waals surface area contributed by atoms with Gasteiger partial charge in [-0.05, 0) is 30.5 Å². The van der Waals surface area contributed by atoms with Gasteiger partial charge in [0.25, 0.3) is 5.91 Å². The molecular formula is C13H20N2O2.